The molecule has 0 saturated carbocycles. The lowest BCUT2D eigenvalue weighted by Crippen LogP contribution is -2.14. The van der Waals surface area contributed by atoms with E-state index in [1.807, 2.05) is 42.5 Å². The van der Waals surface area contributed by atoms with Crippen molar-refractivity contribution in [3.8, 4) is 11.3 Å². The van der Waals surface area contributed by atoms with Gasteiger partial charge < -0.3 is 5.73 Å². The summed E-state index contributed by atoms with van der Waals surface area (Å²) >= 11 is 0. The van der Waals surface area contributed by atoms with Gasteiger partial charge in [-0.3, -0.25) is 0 Å². The number of nitrogens with zero attached hydrogens (tertiary/aromatic N) is 3. The molecule has 6 nitrogen and oxygen atoms in total. The highest BCUT2D eigenvalue weighted by Gasteiger charge is 2.19. The molecule has 0 aliphatic heterocycles. The maximum absolute atomic E-state index is 12.9. The van der Waals surface area contributed by atoms with E-state index >= 15 is 0 Å². The van der Waals surface area contributed by atoms with Crippen LogP contribution in [0.25, 0.3) is 22.3 Å². The van der Waals surface area contributed by atoms with E-state index in [4.69, 9.17) is 5.73 Å². The fourth-order valence-electron chi connectivity index (χ4n) is 3.04. The molecule has 4 aromatic rings. The van der Waals surface area contributed by atoms with Crippen molar-refractivity contribution in [2.75, 3.05) is 0 Å². The van der Waals surface area contributed by atoms with Crippen LogP contribution in [0, 0.1) is 0 Å². The molecule has 0 unspecified atom stereocenters. The minimum atomic E-state index is -3.60. The Hall–Kier alpha value is -3.03. The van der Waals surface area contributed by atoms with Crippen LogP contribution in [-0.2, 0) is 22.3 Å². The maximum atomic E-state index is 12.9. The van der Waals surface area contributed by atoms with E-state index in [1.54, 1.807) is 18.2 Å². The Morgan fingerprint density at radius 1 is 0.889 bits per heavy atom. The Kier molecular flexibility index (Phi) is 4.47. The molecule has 0 spiro atoms. The Labute approximate surface area is 157 Å². The van der Waals surface area contributed by atoms with E-state index in [0.29, 0.717) is 23.3 Å². The molecule has 4 rings (SSSR count). The number of hydrogen-bond donors (Lipinski definition) is 1. The first-order valence-electron chi connectivity index (χ1n) is 8.47. The molecule has 0 aliphatic rings. The average molecular weight is 378 g/mol. The summed E-state index contributed by atoms with van der Waals surface area (Å²) in [7, 11) is -3.60. The monoisotopic (exact) mass is 378 g/mol. The van der Waals surface area contributed by atoms with Gasteiger partial charge in [-0.05, 0) is 17.2 Å². The van der Waals surface area contributed by atoms with Crippen molar-refractivity contribution < 1.29 is 8.42 Å². The van der Waals surface area contributed by atoms with Gasteiger partial charge in [0.15, 0.2) is 5.65 Å². The first-order valence-corrected chi connectivity index (χ1v) is 10.1. The van der Waals surface area contributed by atoms with Gasteiger partial charge >= 0.3 is 0 Å². The molecule has 0 aliphatic carbocycles. The van der Waals surface area contributed by atoms with Crippen LogP contribution in [0.2, 0.25) is 0 Å². The fourth-order valence-corrected chi connectivity index (χ4v) is 4.44. The molecule has 2 aromatic carbocycles. The predicted molar refractivity (Wildman–Crippen MR) is 105 cm³/mol. The van der Waals surface area contributed by atoms with Crippen molar-refractivity contribution in [2.45, 2.75) is 12.3 Å². The van der Waals surface area contributed by atoms with Crippen LogP contribution in [0.4, 0.5) is 0 Å². The number of benzene rings is 2. The van der Waals surface area contributed by atoms with Crippen molar-refractivity contribution in [3.05, 3.63) is 84.3 Å². The van der Waals surface area contributed by atoms with Crippen molar-refractivity contribution >= 4 is 21.1 Å². The molecule has 136 valence electrons. The zero-order valence-electron chi connectivity index (χ0n) is 14.5. The van der Waals surface area contributed by atoms with Gasteiger partial charge in [0.1, 0.15) is 6.33 Å². The van der Waals surface area contributed by atoms with Crippen LogP contribution in [0.15, 0.2) is 73.2 Å². The van der Waals surface area contributed by atoms with Crippen molar-refractivity contribution in [3.63, 3.8) is 0 Å². The molecule has 0 fully saturated rings. The summed E-state index contributed by atoms with van der Waals surface area (Å²) in [6.45, 7) is 0.466. The second kappa shape index (κ2) is 6.94. The Morgan fingerprint density at radius 3 is 2.33 bits per heavy atom. The SMILES string of the molecule is NCc1ccc(-c2ncnc3c2ccn3S(=O)(=O)Cc2ccccc2)cc1. The topological polar surface area (TPSA) is 90.9 Å². The summed E-state index contributed by atoms with van der Waals surface area (Å²) in [5, 5.41) is 0.689. The van der Waals surface area contributed by atoms with Gasteiger partial charge in [0.25, 0.3) is 0 Å². The molecule has 0 atom stereocenters. The molecule has 2 aromatic heterocycles. The van der Waals surface area contributed by atoms with Gasteiger partial charge in [-0.1, -0.05) is 54.6 Å². The first-order chi connectivity index (χ1) is 13.1. The van der Waals surface area contributed by atoms with E-state index in [-0.39, 0.29) is 5.75 Å². The normalized spacial score (nSPS) is 11.7. The maximum Gasteiger partial charge on any atom is 0.244 e. The molecule has 0 bridgehead atoms. The van der Waals surface area contributed by atoms with Crippen LogP contribution in [0.3, 0.4) is 0 Å². The molecule has 2 heterocycles. The Bertz CT molecular complexity index is 1180. The minimum absolute atomic E-state index is 0.0951. The van der Waals surface area contributed by atoms with Gasteiger partial charge in [0, 0.05) is 23.7 Å². The van der Waals surface area contributed by atoms with Crippen LogP contribution < -0.4 is 5.73 Å². The third-order valence-corrected chi connectivity index (χ3v) is 6.00. The highest BCUT2D eigenvalue weighted by Crippen LogP contribution is 2.27. The molecule has 7 heteroatoms. The quantitative estimate of drug-likeness (QED) is 0.577. The van der Waals surface area contributed by atoms with Crippen molar-refractivity contribution in [1.29, 1.82) is 0 Å². The molecular weight excluding hydrogens is 360 g/mol. The summed E-state index contributed by atoms with van der Waals surface area (Å²) in [6, 6.07) is 18.6. The molecule has 27 heavy (non-hydrogen) atoms. The van der Waals surface area contributed by atoms with Gasteiger partial charge in [0.2, 0.25) is 10.0 Å². The molecule has 2 N–H and O–H groups in total. The van der Waals surface area contributed by atoms with Crippen LogP contribution in [0.5, 0.6) is 0 Å². The lowest BCUT2D eigenvalue weighted by atomic mass is 10.1. The van der Waals surface area contributed by atoms with E-state index in [2.05, 4.69) is 9.97 Å². The Balaban J connectivity index is 1.78. The molecular formula is C20H18N4O2S. The first kappa shape index (κ1) is 17.4. The van der Waals surface area contributed by atoms with E-state index in [9.17, 15) is 8.42 Å². The van der Waals surface area contributed by atoms with Gasteiger partial charge in [-0.15, -0.1) is 0 Å². The van der Waals surface area contributed by atoms with Crippen molar-refractivity contribution in [1.82, 2.24) is 13.9 Å². The number of fused-ring (bicyclic) bond motifs is 1. The summed E-state index contributed by atoms with van der Waals surface area (Å²) < 4.78 is 27.0. The molecule has 0 saturated heterocycles. The highest BCUT2D eigenvalue weighted by atomic mass is 32.2. The lowest BCUT2D eigenvalue weighted by molar-refractivity contribution is 0.588. The van der Waals surface area contributed by atoms with Gasteiger partial charge in [-0.2, -0.15) is 0 Å². The summed E-state index contributed by atoms with van der Waals surface area (Å²) in [5.74, 6) is -0.0951. The van der Waals surface area contributed by atoms with Crippen LogP contribution >= 0.6 is 0 Å². The second-order valence-electron chi connectivity index (χ2n) is 6.21. The summed E-state index contributed by atoms with van der Waals surface area (Å²) in [6.07, 6.45) is 2.93. The zero-order chi connectivity index (χ0) is 18.9. The largest absolute Gasteiger partial charge is 0.326 e. The number of hydrogen-bond acceptors (Lipinski definition) is 5. The van der Waals surface area contributed by atoms with Crippen LogP contribution in [-0.4, -0.2) is 22.4 Å². The molecule has 0 amide bonds. The minimum Gasteiger partial charge on any atom is -0.326 e. The predicted octanol–water partition coefficient (Wildman–Crippen LogP) is 2.94. The highest BCUT2D eigenvalue weighted by molar-refractivity contribution is 7.89. The van der Waals surface area contributed by atoms with Gasteiger partial charge in [-0.25, -0.2) is 22.4 Å². The standard InChI is InChI=1S/C20H18N4O2S/c21-12-15-6-8-17(9-7-15)19-18-10-11-24(20(18)23-14-22-19)27(25,26)13-16-4-2-1-3-5-16/h1-11,14H,12-13,21H2. The van der Waals surface area contributed by atoms with E-state index in [1.165, 1.54) is 16.5 Å². The lowest BCUT2D eigenvalue weighted by Gasteiger charge is -2.08. The van der Waals surface area contributed by atoms with Crippen LogP contribution in [0.1, 0.15) is 11.1 Å². The number of nitrogens with two attached hydrogens (primary N) is 1. The number of rotatable bonds is 5. The smallest absolute Gasteiger partial charge is 0.244 e. The third kappa shape index (κ3) is 3.34. The fraction of sp³-hybridized carbons (Fsp3) is 0.100. The summed E-state index contributed by atoms with van der Waals surface area (Å²) in [4.78, 5) is 8.58. The van der Waals surface area contributed by atoms with Gasteiger partial charge in [0.05, 0.1) is 11.4 Å². The average Bonchev–Trinajstić information content (AvgIpc) is 3.14. The molecule has 0 radical (unpaired) electrons. The van der Waals surface area contributed by atoms with E-state index < -0.39 is 10.0 Å². The van der Waals surface area contributed by atoms with Crippen molar-refractivity contribution in [2.24, 2.45) is 5.73 Å². The van der Waals surface area contributed by atoms with E-state index in [0.717, 1.165) is 16.7 Å². The Morgan fingerprint density at radius 2 is 1.63 bits per heavy atom. The summed E-state index contributed by atoms with van der Waals surface area (Å²) in [5.41, 5.74) is 9.35. The third-order valence-electron chi connectivity index (χ3n) is 4.40. The number of aromatic nitrogens is 3. The second-order valence-corrected chi connectivity index (χ2v) is 8.06. The zero-order valence-corrected chi connectivity index (χ0v) is 15.3.